The van der Waals surface area contributed by atoms with E-state index in [-0.39, 0.29) is 24.2 Å². The van der Waals surface area contributed by atoms with Gasteiger partial charge in [0.05, 0.1) is 24.1 Å². The Morgan fingerprint density at radius 1 is 1.11 bits per heavy atom. The molecule has 7 nitrogen and oxygen atoms in total. The number of carbonyl (C=O) groups excluding carboxylic acids is 3. The lowest BCUT2D eigenvalue weighted by molar-refractivity contribution is -0.134. The van der Waals surface area contributed by atoms with Crippen molar-refractivity contribution in [3.63, 3.8) is 0 Å². The Balaban J connectivity index is 1.88. The van der Waals surface area contributed by atoms with Crippen LogP contribution in [0.4, 0.5) is 0 Å². The maximum absolute atomic E-state index is 12.4. The molecule has 0 spiro atoms. The quantitative estimate of drug-likeness (QED) is 0.484. The molecule has 0 atom stereocenters. The SMILES string of the molecule is CCN(CC)C(=O)COC(=O)c1ccccc1SCC(=O)NCc1ccco1. The Bertz CT molecular complexity index is 788. The van der Waals surface area contributed by atoms with E-state index in [2.05, 4.69) is 5.32 Å². The van der Waals surface area contributed by atoms with Crippen LogP contribution in [-0.2, 0) is 20.9 Å². The highest BCUT2D eigenvalue weighted by Gasteiger charge is 2.17. The minimum Gasteiger partial charge on any atom is -0.467 e. The molecular weight excluding hydrogens is 380 g/mol. The van der Waals surface area contributed by atoms with Gasteiger partial charge in [-0.05, 0) is 38.1 Å². The molecule has 150 valence electrons. The molecule has 1 aromatic heterocycles. The first-order valence-corrected chi connectivity index (χ1v) is 9.99. The number of benzene rings is 1. The summed E-state index contributed by atoms with van der Waals surface area (Å²) in [5.74, 6) is -0.189. The number of hydrogen-bond donors (Lipinski definition) is 1. The van der Waals surface area contributed by atoms with Crippen LogP contribution in [0.5, 0.6) is 0 Å². The van der Waals surface area contributed by atoms with E-state index in [4.69, 9.17) is 9.15 Å². The lowest BCUT2D eigenvalue weighted by Gasteiger charge is -2.18. The van der Waals surface area contributed by atoms with E-state index in [0.717, 1.165) is 0 Å². The Hall–Kier alpha value is -2.74. The predicted molar refractivity (Wildman–Crippen MR) is 106 cm³/mol. The van der Waals surface area contributed by atoms with Crippen LogP contribution in [0.15, 0.2) is 52.0 Å². The number of rotatable bonds is 10. The van der Waals surface area contributed by atoms with Gasteiger partial charge in [-0.1, -0.05) is 12.1 Å². The summed E-state index contributed by atoms with van der Waals surface area (Å²) in [5, 5.41) is 2.75. The smallest absolute Gasteiger partial charge is 0.339 e. The third-order valence-electron chi connectivity index (χ3n) is 3.95. The lowest BCUT2D eigenvalue weighted by atomic mass is 10.2. The Labute approximate surface area is 168 Å². The third-order valence-corrected chi connectivity index (χ3v) is 5.02. The number of carbonyl (C=O) groups is 3. The van der Waals surface area contributed by atoms with Crippen LogP contribution in [0, 0.1) is 0 Å². The van der Waals surface area contributed by atoms with Gasteiger partial charge in [0.2, 0.25) is 5.91 Å². The van der Waals surface area contributed by atoms with Crippen LogP contribution in [0.2, 0.25) is 0 Å². The number of likely N-dealkylation sites (N-methyl/N-ethyl adjacent to an activating group) is 1. The molecule has 0 fully saturated rings. The number of nitrogens with zero attached hydrogens (tertiary/aromatic N) is 1. The first-order valence-electron chi connectivity index (χ1n) is 9.00. The monoisotopic (exact) mass is 404 g/mol. The van der Waals surface area contributed by atoms with Gasteiger partial charge in [0.25, 0.3) is 5.91 Å². The summed E-state index contributed by atoms with van der Waals surface area (Å²) in [5.41, 5.74) is 0.332. The van der Waals surface area contributed by atoms with Crippen molar-refractivity contribution in [2.45, 2.75) is 25.3 Å². The first kappa shape index (κ1) is 21.6. The van der Waals surface area contributed by atoms with Crippen LogP contribution in [0.3, 0.4) is 0 Å². The molecule has 0 aliphatic rings. The van der Waals surface area contributed by atoms with Crippen molar-refractivity contribution in [1.29, 1.82) is 0 Å². The second-order valence-electron chi connectivity index (χ2n) is 5.78. The summed E-state index contributed by atoms with van der Waals surface area (Å²) in [4.78, 5) is 38.6. The number of nitrogens with one attached hydrogen (secondary N) is 1. The summed E-state index contributed by atoms with van der Waals surface area (Å²) in [7, 11) is 0. The number of furan rings is 1. The van der Waals surface area contributed by atoms with Crippen LogP contribution < -0.4 is 5.32 Å². The van der Waals surface area contributed by atoms with E-state index in [9.17, 15) is 14.4 Å². The Morgan fingerprint density at radius 2 is 1.86 bits per heavy atom. The topological polar surface area (TPSA) is 88.8 Å². The molecule has 2 rings (SSSR count). The number of ether oxygens (including phenoxy) is 1. The zero-order chi connectivity index (χ0) is 20.4. The molecule has 1 N–H and O–H groups in total. The highest BCUT2D eigenvalue weighted by Crippen LogP contribution is 2.23. The molecule has 1 heterocycles. The van der Waals surface area contributed by atoms with Gasteiger partial charge in [-0.2, -0.15) is 0 Å². The maximum Gasteiger partial charge on any atom is 0.339 e. The average Bonchev–Trinajstić information content (AvgIpc) is 3.23. The third kappa shape index (κ3) is 6.45. The second kappa shape index (κ2) is 11.2. The van der Waals surface area contributed by atoms with Gasteiger partial charge in [-0.3, -0.25) is 9.59 Å². The summed E-state index contributed by atoms with van der Waals surface area (Å²) in [6.07, 6.45) is 1.54. The number of amides is 2. The minimum absolute atomic E-state index is 0.142. The second-order valence-corrected chi connectivity index (χ2v) is 6.80. The van der Waals surface area contributed by atoms with Gasteiger partial charge in [-0.15, -0.1) is 11.8 Å². The molecule has 2 amide bonds. The molecule has 0 bridgehead atoms. The van der Waals surface area contributed by atoms with Crippen molar-refractivity contribution in [1.82, 2.24) is 10.2 Å². The van der Waals surface area contributed by atoms with E-state index in [0.29, 0.717) is 35.9 Å². The largest absolute Gasteiger partial charge is 0.467 e. The molecule has 0 unspecified atom stereocenters. The number of hydrogen-bond acceptors (Lipinski definition) is 6. The van der Waals surface area contributed by atoms with Crippen LogP contribution >= 0.6 is 11.8 Å². The molecule has 1 aromatic carbocycles. The van der Waals surface area contributed by atoms with E-state index in [1.165, 1.54) is 11.8 Å². The Kier molecular flexibility index (Phi) is 8.61. The molecule has 0 saturated carbocycles. The van der Waals surface area contributed by atoms with Crippen molar-refractivity contribution >= 4 is 29.5 Å². The standard InChI is InChI=1S/C20H24N2O5S/c1-3-22(4-2)19(24)13-27-20(25)16-9-5-6-10-17(16)28-14-18(23)21-12-15-8-7-11-26-15/h5-11H,3-4,12-14H2,1-2H3,(H,21,23). The van der Waals surface area contributed by atoms with E-state index in [1.54, 1.807) is 47.6 Å². The zero-order valence-electron chi connectivity index (χ0n) is 16.0. The molecule has 0 aliphatic carbocycles. The molecule has 0 radical (unpaired) electrons. The normalized spacial score (nSPS) is 10.4. The van der Waals surface area contributed by atoms with Gasteiger partial charge < -0.3 is 19.4 Å². The van der Waals surface area contributed by atoms with Crippen molar-refractivity contribution in [2.75, 3.05) is 25.4 Å². The Morgan fingerprint density at radius 3 is 2.54 bits per heavy atom. The van der Waals surface area contributed by atoms with Crippen molar-refractivity contribution < 1.29 is 23.5 Å². The molecule has 2 aromatic rings. The van der Waals surface area contributed by atoms with Gasteiger partial charge >= 0.3 is 5.97 Å². The maximum atomic E-state index is 12.4. The summed E-state index contributed by atoms with van der Waals surface area (Å²) in [6, 6.07) is 10.4. The fourth-order valence-electron chi connectivity index (χ4n) is 2.43. The van der Waals surface area contributed by atoms with Gasteiger partial charge in [-0.25, -0.2) is 4.79 Å². The van der Waals surface area contributed by atoms with Crippen molar-refractivity contribution in [2.24, 2.45) is 0 Å². The van der Waals surface area contributed by atoms with E-state index < -0.39 is 5.97 Å². The zero-order valence-corrected chi connectivity index (χ0v) is 16.8. The van der Waals surface area contributed by atoms with Crippen LogP contribution in [-0.4, -0.2) is 48.1 Å². The predicted octanol–water partition coefficient (Wildman–Crippen LogP) is 2.71. The average molecular weight is 404 g/mol. The highest BCUT2D eigenvalue weighted by atomic mass is 32.2. The molecule has 0 aliphatic heterocycles. The number of esters is 1. The van der Waals surface area contributed by atoms with Gasteiger partial charge in [0, 0.05) is 18.0 Å². The van der Waals surface area contributed by atoms with Crippen molar-refractivity contribution in [3.05, 3.63) is 54.0 Å². The number of thioether (sulfide) groups is 1. The van der Waals surface area contributed by atoms with Crippen LogP contribution in [0.25, 0.3) is 0 Å². The molecule has 0 saturated heterocycles. The highest BCUT2D eigenvalue weighted by molar-refractivity contribution is 8.00. The fraction of sp³-hybridized carbons (Fsp3) is 0.350. The summed E-state index contributed by atoms with van der Waals surface area (Å²) in [6.45, 7) is 4.86. The van der Waals surface area contributed by atoms with E-state index in [1.807, 2.05) is 13.8 Å². The minimum atomic E-state index is -0.584. The van der Waals surface area contributed by atoms with Crippen molar-refractivity contribution in [3.8, 4) is 0 Å². The lowest BCUT2D eigenvalue weighted by Crippen LogP contribution is -2.34. The van der Waals surface area contributed by atoms with E-state index >= 15 is 0 Å². The molecule has 8 heteroatoms. The van der Waals surface area contributed by atoms with Gasteiger partial charge in [0.15, 0.2) is 6.61 Å². The molecular formula is C20H24N2O5S. The molecule has 28 heavy (non-hydrogen) atoms. The summed E-state index contributed by atoms with van der Waals surface area (Å²) < 4.78 is 10.3. The van der Waals surface area contributed by atoms with Crippen LogP contribution in [0.1, 0.15) is 30.0 Å². The fourth-order valence-corrected chi connectivity index (χ4v) is 3.30. The first-order chi connectivity index (χ1) is 13.5. The van der Waals surface area contributed by atoms with Gasteiger partial charge in [0.1, 0.15) is 5.76 Å². The summed E-state index contributed by atoms with van der Waals surface area (Å²) >= 11 is 1.23.